The molecule has 22 heavy (non-hydrogen) atoms. The molecule has 0 spiro atoms. The molecule has 1 unspecified atom stereocenters. The van der Waals surface area contributed by atoms with Crippen molar-refractivity contribution in [2.75, 3.05) is 18.9 Å². The number of hydrogen-bond donors (Lipinski definition) is 3. The van der Waals surface area contributed by atoms with Gasteiger partial charge >= 0.3 is 12.0 Å². The molecule has 120 valence electrons. The quantitative estimate of drug-likeness (QED) is 0.763. The van der Waals surface area contributed by atoms with Gasteiger partial charge in [0.05, 0.1) is 6.54 Å². The van der Waals surface area contributed by atoms with E-state index in [2.05, 4.69) is 10.6 Å². The normalized spacial score (nSPS) is 11.9. The number of benzene rings is 1. The first-order valence-corrected chi connectivity index (χ1v) is 6.82. The van der Waals surface area contributed by atoms with Crippen molar-refractivity contribution >= 4 is 23.6 Å². The predicted octanol–water partition coefficient (Wildman–Crippen LogP) is 1.36. The average Bonchev–Trinajstić information content (AvgIpc) is 2.40. The van der Waals surface area contributed by atoms with Crippen LogP contribution in [0, 0.1) is 13.8 Å². The number of likely N-dealkylation sites (N-methyl/N-ethyl adjacent to an activating group) is 1. The van der Waals surface area contributed by atoms with E-state index in [1.807, 2.05) is 26.0 Å². The zero-order valence-electron chi connectivity index (χ0n) is 13.1. The molecule has 0 heterocycles. The number of rotatable bonds is 5. The van der Waals surface area contributed by atoms with Crippen LogP contribution in [0.25, 0.3) is 0 Å². The Morgan fingerprint density at radius 3 is 2.45 bits per heavy atom. The Morgan fingerprint density at radius 1 is 1.27 bits per heavy atom. The summed E-state index contributed by atoms with van der Waals surface area (Å²) in [5.74, 6) is -1.60. The summed E-state index contributed by atoms with van der Waals surface area (Å²) in [5, 5.41) is 13.6. The Morgan fingerprint density at radius 2 is 1.91 bits per heavy atom. The number of nitrogens with one attached hydrogen (secondary N) is 2. The van der Waals surface area contributed by atoms with Gasteiger partial charge in [0.15, 0.2) is 0 Å². The van der Waals surface area contributed by atoms with E-state index in [9.17, 15) is 14.4 Å². The minimum atomic E-state index is -1.03. The van der Waals surface area contributed by atoms with Crippen LogP contribution in [-0.4, -0.2) is 47.5 Å². The summed E-state index contributed by atoms with van der Waals surface area (Å²) in [4.78, 5) is 35.6. The largest absolute Gasteiger partial charge is 0.480 e. The van der Waals surface area contributed by atoms with E-state index in [0.717, 1.165) is 11.1 Å². The van der Waals surface area contributed by atoms with Gasteiger partial charge < -0.3 is 10.4 Å². The first-order valence-electron chi connectivity index (χ1n) is 6.82. The van der Waals surface area contributed by atoms with Gasteiger partial charge in [-0.1, -0.05) is 17.7 Å². The summed E-state index contributed by atoms with van der Waals surface area (Å²) in [6.07, 6.45) is 0. The molecule has 0 saturated heterocycles. The van der Waals surface area contributed by atoms with E-state index in [4.69, 9.17) is 5.11 Å². The molecular weight excluding hydrogens is 286 g/mol. The highest BCUT2D eigenvalue weighted by molar-refractivity contribution is 6.02. The lowest BCUT2D eigenvalue weighted by Gasteiger charge is -2.20. The number of anilines is 1. The summed E-state index contributed by atoms with van der Waals surface area (Å²) >= 11 is 0. The molecule has 0 bridgehead atoms. The zero-order chi connectivity index (χ0) is 16.9. The van der Waals surface area contributed by atoms with E-state index in [1.54, 1.807) is 6.07 Å². The maximum atomic E-state index is 11.8. The highest BCUT2D eigenvalue weighted by Gasteiger charge is 2.20. The summed E-state index contributed by atoms with van der Waals surface area (Å²) in [7, 11) is 1.50. The Bertz CT molecular complexity index is 586. The number of hydrogen-bond acceptors (Lipinski definition) is 4. The Kier molecular flexibility index (Phi) is 6.06. The van der Waals surface area contributed by atoms with Crippen molar-refractivity contribution in [1.82, 2.24) is 10.2 Å². The van der Waals surface area contributed by atoms with Gasteiger partial charge in [0.25, 0.3) is 0 Å². The van der Waals surface area contributed by atoms with Crippen LogP contribution in [-0.2, 0) is 9.59 Å². The van der Waals surface area contributed by atoms with Crippen LogP contribution in [0.5, 0.6) is 0 Å². The molecule has 7 nitrogen and oxygen atoms in total. The minimum Gasteiger partial charge on any atom is -0.480 e. The predicted molar refractivity (Wildman–Crippen MR) is 82.8 cm³/mol. The molecule has 3 amide bonds. The van der Waals surface area contributed by atoms with E-state index in [-0.39, 0.29) is 6.54 Å². The number of carboxylic acid groups (broad SMARTS) is 1. The fourth-order valence-corrected chi connectivity index (χ4v) is 1.83. The second-order valence-electron chi connectivity index (χ2n) is 5.25. The van der Waals surface area contributed by atoms with Crippen LogP contribution in [0.1, 0.15) is 18.1 Å². The van der Waals surface area contributed by atoms with Crippen LogP contribution < -0.4 is 10.6 Å². The highest BCUT2D eigenvalue weighted by Crippen LogP contribution is 2.15. The van der Waals surface area contributed by atoms with Crippen molar-refractivity contribution in [2.45, 2.75) is 26.8 Å². The van der Waals surface area contributed by atoms with Crippen molar-refractivity contribution in [3.05, 3.63) is 29.3 Å². The topological polar surface area (TPSA) is 98.7 Å². The number of carbonyl (C=O) groups excluding carboxylic acids is 2. The van der Waals surface area contributed by atoms with Gasteiger partial charge in [0, 0.05) is 5.69 Å². The van der Waals surface area contributed by atoms with Crippen LogP contribution in [0.15, 0.2) is 18.2 Å². The molecule has 0 saturated carbocycles. The van der Waals surface area contributed by atoms with E-state index >= 15 is 0 Å². The van der Waals surface area contributed by atoms with Gasteiger partial charge in [0.1, 0.15) is 6.04 Å². The molecule has 7 heteroatoms. The van der Waals surface area contributed by atoms with E-state index in [0.29, 0.717) is 5.69 Å². The summed E-state index contributed by atoms with van der Waals surface area (Å²) < 4.78 is 0. The summed E-state index contributed by atoms with van der Waals surface area (Å²) in [6, 6.07) is 4.07. The lowest BCUT2D eigenvalue weighted by molar-refractivity contribution is -0.142. The van der Waals surface area contributed by atoms with Crippen molar-refractivity contribution in [3.8, 4) is 0 Å². The van der Waals surface area contributed by atoms with Crippen LogP contribution >= 0.6 is 0 Å². The van der Waals surface area contributed by atoms with Gasteiger partial charge in [-0.3, -0.25) is 19.8 Å². The average molecular weight is 307 g/mol. The van der Waals surface area contributed by atoms with E-state index < -0.39 is 23.9 Å². The Hall–Kier alpha value is -2.41. The molecule has 0 aliphatic carbocycles. The third-order valence-corrected chi connectivity index (χ3v) is 3.29. The van der Waals surface area contributed by atoms with Crippen LogP contribution in [0.2, 0.25) is 0 Å². The maximum Gasteiger partial charge on any atom is 0.325 e. The molecular formula is C15H21N3O4. The molecule has 0 radical (unpaired) electrons. The molecule has 0 fully saturated rings. The van der Waals surface area contributed by atoms with Crippen molar-refractivity contribution < 1.29 is 19.5 Å². The van der Waals surface area contributed by atoms with Gasteiger partial charge in [-0.2, -0.15) is 0 Å². The monoisotopic (exact) mass is 307 g/mol. The standard InChI is InChI=1S/C15H21N3O4/c1-9-5-6-12(10(2)7-9)16-15(22)17-13(19)8-18(4)11(3)14(20)21/h5-7,11H,8H2,1-4H3,(H,20,21)(H2,16,17,19,22). The molecule has 1 aromatic rings. The molecule has 3 N–H and O–H groups in total. The fraction of sp³-hybridized carbons (Fsp3) is 0.400. The van der Waals surface area contributed by atoms with Crippen LogP contribution in [0.4, 0.5) is 10.5 Å². The smallest absolute Gasteiger partial charge is 0.325 e. The lowest BCUT2D eigenvalue weighted by Crippen LogP contribution is -2.45. The Labute approximate surface area is 129 Å². The van der Waals surface area contributed by atoms with Crippen molar-refractivity contribution in [1.29, 1.82) is 0 Å². The number of aliphatic carboxylic acids is 1. The second kappa shape index (κ2) is 7.56. The molecule has 0 aliphatic heterocycles. The number of urea groups is 1. The molecule has 0 aliphatic rings. The summed E-state index contributed by atoms with van der Waals surface area (Å²) in [5.41, 5.74) is 2.58. The van der Waals surface area contributed by atoms with Gasteiger partial charge in [0.2, 0.25) is 5.91 Å². The third-order valence-electron chi connectivity index (χ3n) is 3.29. The van der Waals surface area contributed by atoms with E-state index in [1.165, 1.54) is 18.9 Å². The van der Waals surface area contributed by atoms with Gasteiger partial charge in [-0.05, 0) is 39.4 Å². The molecule has 1 aromatic carbocycles. The SMILES string of the molecule is Cc1ccc(NC(=O)NC(=O)CN(C)C(C)C(=O)O)c(C)c1. The number of carboxylic acids is 1. The molecule has 1 rings (SSSR count). The highest BCUT2D eigenvalue weighted by atomic mass is 16.4. The Balaban J connectivity index is 2.54. The number of aryl methyl sites for hydroxylation is 2. The second-order valence-corrected chi connectivity index (χ2v) is 5.25. The van der Waals surface area contributed by atoms with Crippen molar-refractivity contribution in [3.63, 3.8) is 0 Å². The first kappa shape index (κ1) is 17.6. The number of imide groups is 1. The number of amides is 3. The van der Waals surface area contributed by atoms with Gasteiger partial charge in [-0.15, -0.1) is 0 Å². The lowest BCUT2D eigenvalue weighted by atomic mass is 10.1. The zero-order valence-corrected chi connectivity index (χ0v) is 13.1. The minimum absolute atomic E-state index is 0.187. The maximum absolute atomic E-state index is 11.8. The van der Waals surface area contributed by atoms with Crippen molar-refractivity contribution in [2.24, 2.45) is 0 Å². The molecule has 0 aromatic heterocycles. The van der Waals surface area contributed by atoms with Crippen LogP contribution in [0.3, 0.4) is 0 Å². The molecule has 1 atom stereocenters. The fourth-order valence-electron chi connectivity index (χ4n) is 1.83. The van der Waals surface area contributed by atoms with Gasteiger partial charge in [-0.25, -0.2) is 4.79 Å². The summed E-state index contributed by atoms with van der Waals surface area (Å²) in [6.45, 7) is 5.08. The number of carbonyl (C=O) groups is 3. The first-order chi connectivity index (χ1) is 10.2. The number of nitrogens with zero attached hydrogens (tertiary/aromatic N) is 1. The third kappa shape index (κ3) is 5.17.